The molecule has 0 radical (unpaired) electrons. The number of hydrogen-bond acceptors (Lipinski definition) is 3. The van der Waals surface area contributed by atoms with Gasteiger partial charge < -0.3 is 10.6 Å². The average molecular weight is 357 g/mol. The summed E-state index contributed by atoms with van der Waals surface area (Å²) in [6.07, 6.45) is 0.114. The van der Waals surface area contributed by atoms with Gasteiger partial charge in [0, 0.05) is 16.8 Å². The minimum atomic E-state index is -0.365. The number of rotatable bonds is 5. The van der Waals surface area contributed by atoms with Gasteiger partial charge >= 0.3 is 0 Å². The summed E-state index contributed by atoms with van der Waals surface area (Å²) in [6, 6.07) is 8.23. The Bertz CT molecular complexity index is 674. The van der Waals surface area contributed by atoms with Crippen LogP contribution in [0.15, 0.2) is 35.7 Å². The molecule has 2 aromatic rings. The molecular weight excluding hydrogens is 343 g/mol. The maximum absolute atomic E-state index is 12.2. The maximum atomic E-state index is 12.2. The standard InChI is InChI=1S/C15H14Cl2N2O2S/c1-9(20)18-13(14-3-2-6-22-14)8-15(21)19-12-7-10(16)4-5-11(12)17/h2-7,13H,8H2,1H3,(H,18,20)(H,19,21)/t13-/m0/s1. The van der Waals surface area contributed by atoms with Crippen molar-refractivity contribution in [2.24, 2.45) is 0 Å². The van der Waals surface area contributed by atoms with E-state index in [1.54, 1.807) is 18.2 Å². The first kappa shape index (κ1) is 16.8. The van der Waals surface area contributed by atoms with E-state index in [2.05, 4.69) is 10.6 Å². The molecule has 116 valence electrons. The number of halogens is 2. The van der Waals surface area contributed by atoms with Gasteiger partial charge in [0.05, 0.1) is 23.2 Å². The van der Waals surface area contributed by atoms with Crippen LogP contribution in [-0.4, -0.2) is 11.8 Å². The summed E-state index contributed by atoms with van der Waals surface area (Å²) in [6.45, 7) is 1.42. The smallest absolute Gasteiger partial charge is 0.226 e. The Kier molecular flexibility index (Phi) is 5.83. The first-order valence-electron chi connectivity index (χ1n) is 6.51. The summed E-state index contributed by atoms with van der Waals surface area (Å²) < 4.78 is 0. The van der Waals surface area contributed by atoms with Crippen LogP contribution < -0.4 is 10.6 Å². The molecule has 1 heterocycles. The van der Waals surface area contributed by atoms with Gasteiger partial charge in [0.15, 0.2) is 0 Å². The van der Waals surface area contributed by atoms with Crippen molar-refractivity contribution >= 4 is 52.0 Å². The average Bonchev–Trinajstić information content (AvgIpc) is 2.95. The van der Waals surface area contributed by atoms with E-state index < -0.39 is 0 Å². The van der Waals surface area contributed by atoms with Crippen molar-refractivity contribution in [1.82, 2.24) is 5.32 Å². The Morgan fingerprint density at radius 2 is 2.05 bits per heavy atom. The molecule has 1 atom stereocenters. The number of nitrogens with one attached hydrogen (secondary N) is 2. The largest absolute Gasteiger partial charge is 0.348 e. The first-order valence-corrected chi connectivity index (χ1v) is 8.14. The minimum absolute atomic E-state index is 0.114. The Balaban J connectivity index is 2.08. The summed E-state index contributed by atoms with van der Waals surface area (Å²) in [5.41, 5.74) is 0.451. The van der Waals surface area contributed by atoms with Gasteiger partial charge in [-0.05, 0) is 29.6 Å². The molecule has 0 unspecified atom stereocenters. The minimum Gasteiger partial charge on any atom is -0.348 e. The molecule has 1 aromatic heterocycles. The third-order valence-electron chi connectivity index (χ3n) is 2.86. The van der Waals surface area contributed by atoms with Crippen LogP contribution in [0.3, 0.4) is 0 Å². The van der Waals surface area contributed by atoms with Crippen LogP contribution >= 0.6 is 34.5 Å². The quantitative estimate of drug-likeness (QED) is 0.840. The van der Waals surface area contributed by atoms with Gasteiger partial charge in [-0.15, -0.1) is 11.3 Å². The van der Waals surface area contributed by atoms with Gasteiger partial charge in [0.2, 0.25) is 11.8 Å². The predicted molar refractivity (Wildman–Crippen MR) is 90.6 cm³/mol. The molecule has 7 heteroatoms. The van der Waals surface area contributed by atoms with Gasteiger partial charge in [-0.2, -0.15) is 0 Å². The third-order valence-corrected chi connectivity index (χ3v) is 4.41. The van der Waals surface area contributed by atoms with Gasteiger partial charge in [-0.1, -0.05) is 29.3 Å². The Morgan fingerprint density at radius 1 is 1.27 bits per heavy atom. The highest BCUT2D eigenvalue weighted by Gasteiger charge is 2.18. The van der Waals surface area contributed by atoms with Crippen LogP contribution in [0.25, 0.3) is 0 Å². The molecule has 0 saturated heterocycles. The second-order valence-electron chi connectivity index (χ2n) is 4.64. The normalized spacial score (nSPS) is 11.8. The molecule has 22 heavy (non-hydrogen) atoms. The van der Waals surface area contributed by atoms with Crippen LogP contribution in [0.2, 0.25) is 10.0 Å². The summed E-state index contributed by atoms with van der Waals surface area (Å²) in [7, 11) is 0. The Morgan fingerprint density at radius 3 is 2.68 bits per heavy atom. The third kappa shape index (κ3) is 4.73. The molecule has 2 amide bonds. The molecule has 0 fully saturated rings. The summed E-state index contributed by atoms with van der Waals surface area (Å²) in [4.78, 5) is 24.4. The second kappa shape index (κ2) is 7.63. The molecule has 0 aliphatic heterocycles. The topological polar surface area (TPSA) is 58.2 Å². The van der Waals surface area contributed by atoms with Crippen LogP contribution in [0.5, 0.6) is 0 Å². The zero-order chi connectivity index (χ0) is 16.1. The molecule has 1 aromatic carbocycles. The molecule has 0 aliphatic carbocycles. The van der Waals surface area contributed by atoms with E-state index in [1.165, 1.54) is 18.3 Å². The molecule has 2 rings (SSSR count). The van der Waals surface area contributed by atoms with Gasteiger partial charge in [0.25, 0.3) is 0 Å². The lowest BCUT2D eigenvalue weighted by atomic mass is 10.1. The Hall–Kier alpha value is -1.56. The van der Waals surface area contributed by atoms with E-state index in [9.17, 15) is 9.59 Å². The fourth-order valence-corrected chi connectivity index (χ4v) is 3.05. The lowest BCUT2D eigenvalue weighted by Gasteiger charge is -2.16. The summed E-state index contributed by atoms with van der Waals surface area (Å²) in [5.74, 6) is -0.441. The highest BCUT2D eigenvalue weighted by atomic mass is 35.5. The van der Waals surface area contributed by atoms with Crippen molar-refractivity contribution in [3.05, 3.63) is 50.6 Å². The summed E-state index contributed by atoms with van der Waals surface area (Å²) >= 11 is 13.4. The monoisotopic (exact) mass is 356 g/mol. The molecule has 0 spiro atoms. The highest BCUT2D eigenvalue weighted by Crippen LogP contribution is 2.27. The van der Waals surface area contributed by atoms with Gasteiger partial charge in [-0.3, -0.25) is 9.59 Å². The number of carbonyl (C=O) groups is 2. The second-order valence-corrected chi connectivity index (χ2v) is 6.47. The zero-order valence-electron chi connectivity index (χ0n) is 11.7. The maximum Gasteiger partial charge on any atom is 0.226 e. The SMILES string of the molecule is CC(=O)N[C@@H](CC(=O)Nc1cc(Cl)ccc1Cl)c1cccs1. The molecule has 2 N–H and O–H groups in total. The number of carbonyl (C=O) groups excluding carboxylic acids is 2. The lowest BCUT2D eigenvalue weighted by molar-refractivity contribution is -0.120. The number of thiophene rings is 1. The lowest BCUT2D eigenvalue weighted by Crippen LogP contribution is -2.29. The van der Waals surface area contributed by atoms with Gasteiger partial charge in [0.1, 0.15) is 0 Å². The van der Waals surface area contributed by atoms with Crippen molar-refractivity contribution in [3.63, 3.8) is 0 Å². The fourth-order valence-electron chi connectivity index (χ4n) is 1.94. The number of hydrogen-bond donors (Lipinski definition) is 2. The Labute approximate surface area is 142 Å². The van der Waals surface area contributed by atoms with E-state index in [1.807, 2.05) is 17.5 Å². The highest BCUT2D eigenvalue weighted by molar-refractivity contribution is 7.10. The van der Waals surface area contributed by atoms with Gasteiger partial charge in [-0.25, -0.2) is 0 Å². The summed E-state index contributed by atoms with van der Waals surface area (Å²) in [5, 5.41) is 8.28. The predicted octanol–water partition coefficient (Wildman–Crippen LogP) is 4.26. The van der Waals surface area contributed by atoms with Crippen molar-refractivity contribution in [2.75, 3.05) is 5.32 Å². The van der Waals surface area contributed by atoms with Crippen LogP contribution in [0.1, 0.15) is 24.3 Å². The van der Waals surface area contributed by atoms with Crippen molar-refractivity contribution in [2.45, 2.75) is 19.4 Å². The zero-order valence-corrected chi connectivity index (χ0v) is 14.1. The molecule has 0 bridgehead atoms. The molecule has 0 saturated carbocycles. The van der Waals surface area contributed by atoms with Crippen molar-refractivity contribution in [1.29, 1.82) is 0 Å². The number of amides is 2. The van der Waals surface area contributed by atoms with Crippen molar-refractivity contribution < 1.29 is 9.59 Å². The van der Waals surface area contributed by atoms with E-state index in [0.29, 0.717) is 15.7 Å². The van der Waals surface area contributed by atoms with Crippen LogP contribution in [0, 0.1) is 0 Å². The first-order chi connectivity index (χ1) is 10.5. The molecule has 4 nitrogen and oxygen atoms in total. The number of benzene rings is 1. The van der Waals surface area contributed by atoms with E-state index in [0.717, 1.165) is 4.88 Å². The van der Waals surface area contributed by atoms with E-state index >= 15 is 0 Å². The van der Waals surface area contributed by atoms with Crippen LogP contribution in [0.4, 0.5) is 5.69 Å². The number of anilines is 1. The van der Waals surface area contributed by atoms with E-state index in [-0.39, 0.29) is 24.3 Å². The molecular formula is C15H14Cl2N2O2S. The van der Waals surface area contributed by atoms with Crippen LogP contribution in [-0.2, 0) is 9.59 Å². The van der Waals surface area contributed by atoms with E-state index in [4.69, 9.17) is 23.2 Å². The van der Waals surface area contributed by atoms with Crippen molar-refractivity contribution in [3.8, 4) is 0 Å². The fraction of sp³-hybridized carbons (Fsp3) is 0.200. The molecule has 0 aliphatic rings.